The largest absolute Gasteiger partial charge is 0.455 e. The van der Waals surface area contributed by atoms with Gasteiger partial charge in [-0.2, -0.15) is 0 Å². The molecule has 0 saturated carbocycles. The van der Waals surface area contributed by atoms with Crippen molar-refractivity contribution in [1.29, 1.82) is 0 Å². The number of Topliss-reactive ketones (excluding diaryl/α,β-unsaturated/α-hetero) is 1. The van der Waals surface area contributed by atoms with E-state index in [1.807, 2.05) is 32.2 Å². The number of cyclic esters (lactones) is 1. The number of epoxide rings is 1. The van der Waals surface area contributed by atoms with E-state index in [4.69, 9.17) is 9.47 Å². The molecule has 6 nitrogen and oxygen atoms in total. The fraction of sp³-hybridized carbons (Fsp3) is 0.667. The van der Waals surface area contributed by atoms with Gasteiger partial charge in [0.25, 0.3) is 0 Å². The Hall–Kier alpha value is -1.83. The number of esters is 1. The number of thiazole rings is 1. The van der Waals surface area contributed by atoms with Crippen LogP contribution in [-0.2, 0) is 19.1 Å². The maximum Gasteiger partial charge on any atom is 0.331 e. The Labute approximate surface area is 207 Å². The number of nitrogens with zero attached hydrogens (tertiary/aromatic N) is 1. The molecule has 2 aliphatic heterocycles. The first-order chi connectivity index (χ1) is 15.8. The Morgan fingerprint density at radius 2 is 1.97 bits per heavy atom. The number of ketones is 1. The number of carbonyl (C=O) groups excluding carboxylic acids is 2. The lowest BCUT2D eigenvalue weighted by atomic mass is 9.76. The van der Waals surface area contributed by atoms with E-state index in [1.165, 1.54) is 6.08 Å². The molecule has 0 radical (unpaired) electrons. The quantitative estimate of drug-likeness (QED) is 0.449. The smallest absolute Gasteiger partial charge is 0.331 e. The van der Waals surface area contributed by atoms with Crippen LogP contribution in [0, 0.1) is 24.2 Å². The van der Waals surface area contributed by atoms with E-state index >= 15 is 0 Å². The highest BCUT2D eigenvalue weighted by atomic mass is 32.1. The zero-order valence-corrected chi connectivity index (χ0v) is 22.3. The predicted molar refractivity (Wildman–Crippen MR) is 134 cm³/mol. The molecule has 1 N–H and O–H groups in total. The van der Waals surface area contributed by atoms with Crippen LogP contribution in [0.1, 0.15) is 77.9 Å². The number of carbonyl (C=O) groups is 2. The van der Waals surface area contributed by atoms with E-state index in [9.17, 15) is 14.7 Å². The Kier molecular flexibility index (Phi) is 8.21. The van der Waals surface area contributed by atoms with Crippen LogP contribution in [0.2, 0.25) is 0 Å². The average molecular weight is 490 g/mol. The molecule has 1 fully saturated rings. The molecule has 1 unspecified atom stereocenters. The van der Waals surface area contributed by atoms with Crippen molar-refractivity contribution in [2.45, 2.75) is 98.1 Å². The minimum Gasteiger partial charge on any atom is -0.455 e. The molecule has 34 heavy (non-hydrogen) atoms. The summed E-state index contributed by atoms with van der Waals surface area (Å²) in [6, 6.07) is 0. The standard InChI is InChI=1S/C27H39NO5S/c1-16-9-8-11-27(7)22(33-27)14-21(17(2)13-20-15-34-19(4)28-20)32-23(29)10-12-26(5,6)25(31)18(3)24(16)30/h10,12-13,15-16,18,21-22,24,30H,8-9,11,14H2,1-7H3/b12-10+,17-13+/t16-,18+,21?,22-,24-,27+/m0/s1. The van der Waals surface area contributed by atoms with Crippen LogP contribution in [0.4, 0.5) is 0 Å². The lowest BCUT2D eigenvalue weighted by Crippen LogP contribution is -2.38. The van der Waals surface area contributed by atoms with Gasteiger partial charge in [0.05, 0.1) is 28.5 Å². The lowest BCUT2D eigenvalue weighted by molar-refractivity contribution is -0.141. The van der Waals surface area contributed by atoms with E-state index in [0.29, 0.717) is 6.42 Å². The first kappa shape index (κ1) is 26.8. The second kappa shape index (κ2) is 10.4. The Morgan fingerprint density at radius 3 is 2.62 bits per heavy atom. The van der Waals surface area contributed by atoms with Crippen molar-refractivity contribution in [3.63, 3.8) is 0 Å². The minimum atomic E-state index is -0.896. The number of aromatic nitrogens is 1. The number of hydrogen-bond donors (Lipinski definition) is 1. The number of fused-ring (bicyclic) bond motifs is 1. The fourth-order valence-corrected chi connectivity index (χ4v) is 5.39. The van der Waals surface area contributed by atoms with Crippen LogP contribution in [-0.4, -0.2) is 45.8 Å². The molecule has 1 saturated heterocycles. The number of ether oxygens (including phenoxy) is 2. The summed E-state index contributed by atoms with van der Waals surface area (Å²) in [6.07, 6.45) is 6.86. The fourth-order valence-electron chi connectivity index (χ4n) is 4.82. The molecule has 0 amide bonds. The molecule has 0 aromatic carbocycles. The number of aryl methyl sites for hydroxylation is 1. The molecule has 188 valence electrons. The van der Waals surface area contributed by atoms with E-state index in [2.05, 4.69) is 11.9 Å². The zero-order chi connectivity index (χ0) is 25.3. The number of aliphatic hydroxyl groups is 1. The van der Waals surface area contributed by atoms with Gasteiger partial charge in [0, 0.05) is 29.2 Å². The van der Waals surface area contributed by atoms with Gasteiger partial charge in [-0.1, -0.05) is 26.3 Å². The molecule has 6 atom stereocenters. The van der Waals surface area contributed by atoms with Crippen LogP contribution < -0.4 is 0 Å². The van der Waals surface area contributed by atoms with E-state index in [1.54, 1.807) is 38.2 Å². The Balaban J connectivity index is 1.86. The number of hydrogen-bond acceptors (Lipinski definition) is 7. The maximum absolute atomic E-state index is 13.1. The van der Waals surface area contributed by atoms with Crippen LogP contribution in [0.25, 0.3) is 6.08 Å². The molecule has 2 aliphatic rings. The molecular formula is C27H39NO5S. The normalized spacial score (nSPS) is 36.5. The molecule has 7 heteroatoms. The van der Waals surface area contributed by atoms with Crippen molar-refractivity contribution in [3.05, 3.63) is 33.8 Å². The topological polar surface area (TPSA) is 89.0 Å². The molecular weight excluding hydrogens is 450 g/mol. The van der Waals surface area contributed by atoms with Crippen molar-refractivity contribution in [2.24, 2.45) is 17.3 Å². The number of allylic oxidation sites excluding steroid dienone is 1. The van der Waals surface area contributed by atoms with Crippen molar-refractivity contribution in [3.8, 4) is 0 Å². The second-order valence-corrected chi connectivity index (χ2v) is 11.9. The molecule has 1 aromatic heterocycles. The molecule has 0 bridgehead atoms. The summed E-state index contributed by atoms with van der Waals surface area (Å²) < 4.78 is 11.9. The predicted octanol–water partition coefficient (Wildman–Crippen LogP) is 5.28. The third kappa shape index (κ3) is 6.43. The van der Waals surface area contributed by atoms with Gasteiger partial charge in [-0.25, -0.2) is 9.78 Å². The van der Waals surface area contributed by atoms with E-state index in [-0.39, 0.29) is 23.4 Å². The van der Waals surface area contributed by atoms with Crippen LogP contribution in [0.5, 0.6) is 0 Å². The molecule has 0 spiro atoms. The number of aliphatic hydroxyl groups excluding tert-OH is 1. The minimum absolute atomic E-state index is 0.000113. The van der Waals surface area contributed by atoms with Gasteiger partial charge in [0.1, 0.15) is 11.9 Å². The maximum atomic E-state index is 13.1. The SMILES string of the molecule is C/C(=C\c1csc(C)n1)C1C[C@@H]2O[C@]2(C)CCC[C@H](C)[C@H](O)[C@@H](C)C(=O)C(C)(C)/C=C/C(=O)O1. The van der Waals surface area contributed by atoms with Crippen LogP contribution in [0.3, 0.4) is 0 Å². The van der Waals surface area contributed by atoms with Gasteiger partial charge in [-0.15, -0.1) is 11.3 Å². The van der Waals surface area contributed by atoms with Gasteiger partial charge >= 0.3 is 5.97 Å². The Bertz CT molecular complexity index is 964. The lowest BCUT2D eigenvalue weighted by Gasteiger charge is -2.30. The van der Waals surface area contributed by atoms with Gasteiger partial charge in [-0.3, -0.25) is 4.79 Å². The highest BCUT2D eigenvalue weighted by Crippen LogP contribution is 2.45. The average Bonchev–Trinajstić information content (AvgIpc) is 3.21. The summed E-state index contributed by atoms with van der Waals surface area (Å²) in [7, 11) is 0. The molecule has 1 aromatic rings. The van der Waals surface area contributed by atoms with E-state index in [0.717, 1.165) is 35.5 Å². The van der Waals surface area contributed by atoms with Crippen molar-refractivity contribution in [2.75, 3.05) is 0 Å². The highest BCUT2D eigenvalue weighted by Gasteiger charge is 2.52. The van der Waals surface area contributed by atoms with Gasteiger partial charge in [0.15, 0.2) is 0 Å². The van der Waals surface area contributed by atoms with Gasteiger partial charge in [-0.05, 0) is 65.0 Å². The summed E-state index contributed by atoms with van der Waals surface area (Å²) in [5, 5.41) is 13.8. The summed E-state index contributed by atoms with van der Waals surface area (Å²) in [6.45, 7) is 13.3. The molecule has 0 aliphatic carbocycles. The number of rotatable bonds is 2. The molecule has 3 heterocycles. The van der Waals surface area contributed by atoms with Crippen molar-refractivity contribution >= 4 is 29.2 Å². The second-order valence-electron chi connectivity index (χ2n) is 10.8. The van der Waals surface area contributed by atoms with Crippen LogP contribution in [0.15, 0.2) is 23.1 Å². The van der Waals surface area contributed by atoms with Gasteiger partial charge < -0.3 is 14.6 Å². The van der Waals surface area contributed by atoms with E-state index < -0.39 is 29.5 Å². The van der Waals surface area contributed by atoms with Crippen LogP contribution >= 0.6 is 11.3 Å². The highest BCUT2D eigenvalue weighted by molar-refractivity contribution is 7.09. The Morgan fingerprint density at radius 1 is 1.26 bits per heavy atom. The third-order valence-corrected chi connectivity index (χ3v) is 8.15. The first-order valence-electron chi connectivity index (χ1n) is 12.2. The zero-order valence-electron chi connectivity index (χ0n) is 21.5. The monoisotopic (exact) mass is 489 g/mol. The van der Waals surface area contributed by atoms with Crippen molar-refractivity contribution < 1.29 is 24.2 Å². The summed E-state index contributed by atoms with van der Waals surface area (Å²) in [5.41, 5.74) is 0.606. The summed E-state index contributed by atoms with van der Waals surface area (Å²) >= 11 is 1.58. The van der Waals surface area contributed by atoms with Crippen molar-refractivity contribution in [1.82, 2.24) is 4.98 Å². The third-order valence-electron chi connectivity index (χ3n) is 7.35. The molecule has 3 rings (SSSR count). The summed E-state index contributed by atoms with van der Waals surface area (Å²) in [5.74, 6) is -1.12. The summed E-state index contributed by atoms with van der Waals surface area (Å²) in [4.78, 5) is 30.4. The first-order valence-corrected chi connectivity index (χ1v) is 13.1. The van der Waals surface area contributed by atoms with Gasteiger partial charge in [0.2, 0.25) is 0 Å².